The second-order valence-electron chi connectivity index (χ2n) is 7.21. The van der Waals surface area contributed by atoms with Crippen molar-refractivity contribution in [3.8, 4) is 0 Å². The van der Waals surface area contributed by atoms with Crippen molar-refractivity contribution in [1.82, 2.24) is 15.8 Å². The van der Waals surface area contributed by atoms with Gasteiger partial charge in [0, 0.05) is 37.9 Å². The van der Waals surface area contributed by atoms with Crippen LogP contribution in [0.2, 0.25) is 0 Å². The topological polar surface area (TPSA) is 70.7 Å². The SMILES string of the molecule is COC(=O)CCCC(=O)N1CCC2NNC(c3ccc(C(F)(F)F)cc3)C2C1. The van der Waals surface area contributed by atoms with Crippen LogP contribution in [0.3, 0.4) is 0 Å². The third-order valence-corrected chi connectivity index (χ3v) is 5.46. The average Bonchev–Trinajstić information content (AvgIpc) is 3.10. The number of rotatable bonds is 5. The average molecular weight is 399 g/mol. The number of esters is 1. The fourth-order valence-electron chi connectivity index (χ4n) is 3.88. The molecule has 0 aliphatic carbocycles. The van der Waals surface area contributed by atoms with Gasteiger partial charge in [-0.2, -0.15) is 13.2 Å². The number of nitrogens with one attached hydrogen (secondary N) is 2. The van der Waals surface area contributed by atoms with Crippen molar-refractivity contribution in [3.63, 3.8) is 0 Å². The van der Waals surface area contributed by atoms with E-state index in [9.17, 15) is 22.8 Å². The smallest absolute Gasteiger partial charge is 0.416 e. The zero-order valence-electron chi connectivity index (χ0n) is 15.6. The number of carbonyl (C=O) groups is 2. The predicted molar refractivity (Wildman–Crippen MR) is 94.8 cm³/mol. The van der Waals surface area contributed by atoms with E-state index in [1.54, 1.807) is 4.90 Å². The van der Waals surface area contributed by atoms with Crippen LogP contribution in [0, 0.1) is 5.92 Å². The molecule has 0 radical (unpaired) electrons. The van der Waals surface area contributed by atoms with E-state index < -0.39 is 11.7 Å². The lowest BCUT2D eigenvalue weighted by molar-refractivity contribution is -0.141. The number of ether oxygens (including phenoxy) is 1. The van der Waals surface area contributed by atoms with E-state index in [1.807, 2.05) is 0 Å². The molecule has 1 amide bonds. The molecule has 0 aromatic heterocycles. The van der Waals surface area contributed by atoms with Crippen molar-refractivity contribution in [3.05, 3.63) is 35.4 Å². The second-order valence-corrected chi connectivity index (χ2v) is 7.21. The Labute approximate surface area is 161 Å². The lowest BCUT2D eigenvalue weighted by Gasteiger charge is -2.36. The summed E-state index contributed by atoms with van der Waals surface area (Å²) in [7, 11) is 1.32. The summed E-state index contributed by atoms with van der Waals surface area (Å²) in [6, 6.07) is 5.14. The number of piperidine rings is 1. The van der Waals surface area contributed by atoms with Crippen LogP contribution in [0.15, 0.2) is 24.3 Å². The van der Waals surface area contributed by atoms with Crippen LogP contribution in [0.25, 0.3) is 0 Å². The first-order valence-electron chi connectivity index (χ1n) is 9.32. The number of hydrogen-bond donors (Lipinski definition) is 2. The molecule has 2 N–H and O–H groups in total. The Bertz CT molecular complexity index is 709. The van der Waals surface area contributed by atoms with Gasteiger partial charge in [0.1, 0.15) is 0 Å². The highest BCUT2D eigenvalue weighted by molar-refractivity contribution is 5.77. The fraction of sp³-hybridized carbons (Fsp3) is 0.579. The quantitative estimate of drug-likeness (QED) is 0.745. The van der Waals surface area contributed by atoms with Gasteiger partial charge in [-0.3, -0.25) is 15.0 Å². The minimum atomic E-state index is -4.36. The Hall–Kier alpha value is -2.13. The number of likely N-dealkylation sites (tertiary alicyclic amines) is 1. The summed E-state index contributed by atoms with van der Waals surface area (Å²) in [6.07, 6.45) is -2.68. The number of hydrazine groups is 1. The highest BCUT2D eigenvalue weighted by atomic mass is 19.4. The maximum Gasteiger partial charge on any atom is 0.416 e. The number of halogens is 3. The lowest BCUT2D eigenvalue weighted by Crippen LogP contribution is -2.47. The van der Waals surface area contributed by atoms with Crippen molar-refractivity contribution in [2.24, 2.45) is 5.92 Å². The van der Waals surface area contributed by atoms with Crippen molar-refractivity contribution in [1.29, 1.82) is 0 Å². The van der Waals surface area contributed by atoms with Crippen LogP contribution < -0.4 is 10.9 Å². The standard InChI is InChI=1S/C19H24F3N3O3/c1-28-17(27)4-2-3-16(26)25-10-9-15-14(11-25)18(24-23-15)12-5-7-13(8-6-12)19(20,21)22/h5-8,14-15,18,23-24H,2-4,9-11H2,1H3. The van der Waals surface area contributed by atoms with Gasteiger partial charge in [0.15, 0.2) is 0 Å². The number of hydrogen-bond acceptors (Lipinski definition) is 5. The molecule has 3 atom stereocenters. The molecule has 3 unspecified atom stereocenters. The molecular formula is C19H24F3N3O3. The Morgan fingerprint density at radius 1 is 1.18 bits per heavy atom. The summed E-state index contributed by atoms with van der Waals surface area (Å²) in [6.45, 7) is 1.14. The first kappa shape index (κ1) is 20.6. The summed E-state index contributed by atoms with van der Waals surface area (Å²) in [5.74, 6) is -0.284. The first-order valence-corrected chi connectivity index (χ1v) is 9.32. The normalized spacial score (nSPS) is 24.7. The van der Waals surface area contributed by atoms with Gasteiger partial charge in [0.05, 0.1) is 18.7 Å². The number of amides is 1. The monoisotopic (exact) mass is 399 g/mol. The Balaban J connectivity index is 1.61. The molecule has 9 heteroatoms. The molecule has 28 heavy (non-hydrogen) atoms. The molecule has 2 fully saturated rings. The molecule has 1 aromatic rings. The van der Waals surface area contributed by atoms with Crippen LogP contribution in [0.1, 0.15) is 42.9 Å². The first-order chi connectivity index (χ1) is 13.3. The van der Waals surface area contributed by atoms with Crippen molar-refractivity contribution in [2.45, 2.75) is 43.9 Å². The number of alkyl halides is 3. The largest absolute Gasteiger partial charge is 0.469 e. The summed E-state index contributed by atoms with van der Waals surface area (Å²) in [5.41, 5.74) is 6.45. The fourth-order valence-corrected chi connectivity index (χ4v) is 3.88. The zero-order chi connectivity index (χ0) is 20.3. The van der Waals surface area contributed by atoms with Gasteiger partial charge in [-0.25, -0.2) is 5.43 Å². The predicted octanol–water partition coefficient (Wildman–Crippen LogP) is 2.41. The summed E-state index contributed by atoms with van der Waals surface area (Å²) in [4.78, 5) is 25.4. The van der Waals surface area contributed by atoms with Crippen molar-refractivity contribution < 1.29 is 27.5 Å². The van der Waals surface area contributed by atoms with Crippen LogP contribution in [-0.2, 0) is 20.5 Å². The maximum atomic E-state index is 12.8. The van der Waals surface area contributed by atoms with Gasteiger partial charge in [0.2, 0.25) is 5.91 Å². The molecule has 0 spiro atoms. The molecule has 2 heterocycles. The molecule has 2 aliphatic heterocycles. The van der Waals surface area contributed by atoms with Gasteiger partial charge in [-0.05, 0) is 30.5 Å². The van der Waals surface area contributed by atoms with Crippen LogP contribution >= 0.6 is 0 Å². The number of methoxy groups -OCH3 is 1. The van der Waals surface area contributed by atoms with Crippen molar-refractivity contribution in [2.75, 3.05) is 20.2 Å². The van der Waals surface area contributed by atoms with E-state index in [1.165, 1.54) is 19.2 Å². The van der Waals surface area contributed by atoms with Gasteiger partial charge in [-0.1, -0.05) is 12.1 Å². The highest BCUT2D eigenvalue weighted by Crippen LogP contribution is 2.35. The number of benzene rings is 1. The minimum absolute atomic E-state index is 0.0135. The maximum absolute atomic E-state index is 12.8. The summed E-state index contributed by atoms with van der Waals surface area (Å²) < 4.78 is 42.9. The van der Waals surface area contributed by atoms with E-state index in [0.717, 1.165) is 24.1 Å². The molecule has 0 bridgehead atoms. The number of carbonyl (C=O) groups excluding carboxylic acids is 2. The molecule has 3 rings (SSSR count). The van der Waals surface area contributed by atoms with Crippen molar-refractivity contribution >= 4 is 11.9 Å². The van der Waals surface area contributed by atoms with Crippen LogP contribution in [0.5, 0.6) is 0 Å². The third kappa shape index (κ3) is 4.64. The Morgan fingerprint density at radius 3 is 2.54 bits per heavy atom. The minimum Gasteiger partial charge on any atom is -0.469 e. The molecule has 0 saturated carbocycles. The molecule has 6 nitrogen and oxygen atoms in total. The Morgan fingerprint density at radius 2 is 1.89 bits per heavy atom. The molecule has 1 aromatic carbocycles. The van der Waals surface area contributed by atoms with E-state index >= 15 is 0 Å². The second kappa shape index (κ2) is 8.48. The van der Waals surface area contributed by atoms with E-state index in [-0.39, 0.29) is 42.7 Å². The van der Waals surface area contributed by atoms with Crippen LogP contribution in [0.4, 0.5) is 13.2 Å². The number of nitrogens with zero attached hydrogens (tertiary/aromatic N) is 1. The van der Waals surface area contributed by atoms with Gasteiger partial charge >= 0.3 is 12.1 Å². The van der Waals surface area contributed by atoms with Gasteiger partial charge in [0.25, 0.3) is 0 Å². The molecule has 2 aliphatic rings. The lowest BCUT2D eigenvalue weighted by atomic mass is 9.84. The summed E-state index contributed by atoms with van der Waals surface area (Å²) >= 11 is 0. The van der Waals surface area contributed by atoms with E-state index in [2.05, 4.69) is 15.6 Å². The molecular weight excluding hydrogens is 375 g/mol. The van der Waals surface area contributed by atoms with Gasteiger partial charge in [-0.15, -0.1) is 0 Å². The highest BCUT2D eigenvalue weighted by Gasteiger charge is 2.41. The third-order valence-electron chi connectivity index (χ3n) is 5.46. The molecule has 2 saturated heterocycles. The van der Waals surface area contributed by atoms with Gasteiger partial charge < -0.3 is 9.64 Å². The zero-order valence-corrected chi connectivity index (χ0v) is 15.6. The van der Waals surface area contributed by atoms with Crippen LogP contribution in [-0.4, -0.2) is 43.0 Å². The van der Waals surface area contributed by atoms with E-state index in [4.69, 9.17) is 0 Å². The molecule has 154 valence electrons. The summed E-state index contributed by atoms with van der Waals surface area (Å²) in [5, 5.41) is 0. The Kier molecular flexibility index (Phi) is 6.24. The van der Waals surface area contributed by atoms with E-state index in [0.29, 0.717) is 19.5 Å². The number of fused-ring (bicyclic) bond motifs is 1.